The highest BCUT2D eigenvalue weighted by Crippen LogP contribution is 2.41. The Morgan fingerprint density at radius 3 is 2.56 bits per heavy atom. The normalized spacial score (nSPS) is 16.5. The van der Waals surface area contributed by atoms with Gasteiger partial charge in [0.05, 0.1) is 17.7 Å². The molecule has 0 saturated carbocycles. The van der Waals surface area contributed by atoms with E-state index in [-0.39, 0.29) is 24.6 Å². The predicted molar refractivity (Wildman–Crippen MR) is 166 cm³/mol. The van der Waals surface area contributed by atoms with Gasteiger partial charge in [-0.1, -0.05) is 29.5 Å². The smallest absolute Gasteiger partial charge is 0.411 e. The second-order valence-corrected chi connectivity index (χ2v) is 13.4. The van der Waals surface area contributed by atoms with Crippen molar-refractivity contribution < 1.29 is 19.1 Å². The van der Waals surface area contributed by atoms with E-state index >= 15 is 0 Å². The number of fused-ring (bicyclic) bond motifs is 1. The van der Waals surface area contributed by atoms with Crippen LogP contribution in [0.5, 0.6) is 5.75 Å². The number of carbonyl (C=O) groups is 2. The van der Waals surface area contributed by atoms with Gasteiger partial charge in [-0.15, -0.1) is 10.2 Å². The van der Waals surface area contributed by atoms with Crippen molar-refractivity contribution in [2.75, 3.05) is 19.6 Å². The highest BCUT2D eigenvalue weighted by atomic mass is 32.1. The number of nitriles is 1. The van der Waals surface area contributed by atoms with E-state index in [2.05, 4.69) is 22.3 Å². The number of likely N-dealkylation sites (tertiary alicyclic amines) is 1. The number of rotatable bonds is 7. The Bertz CT molecular complexity index is 1530. The monoisotopic (exact) mass is 601 g/mol. The quantitative estimate of drug-likeness (QED) is 0.294. The van der Waals surface area contributed by atoms with Gasteiger partial charge in [0, 0.05) is 24.2 Å². The third kappa shape index (κ3) is 6.99. The Balaban J connectivity index is 1.46. The van der Waals surface area contributed by atoms with Crippen LogP contribution in [0.2, 0.25) is 0 Å². The summed E-state index contributed by atoms with van der Waals surface area (Å²) in [4.78, 5) is 30.3. The molecule has 1 atom stereocenters. The van der Waals surface area contributed by atoms with Crippen molar-refractivity contribution in [3.8, 4) is 33.0 Å². The van der Waals surface area contributed by atoms with Crippen molar-refractivity contribution in [1.82, 2.24) is 20.0 Å². The molecule has 2 amide bonds. The summed E-state index contributed by atoms with van der Waals surface area (Å²) in [5.41, 5.74) is 3.67. The van der Waals surface area contributed by atoms with E-state index < -0.39 is 11.7 Å². The molecular formula is C33H39N5O4S. The fraction of sp³-hybridized carbons (Fsp3) is 0.485. The minimum Gasteiger partial charge on any atom is -0.490 e. The van der Waals surface area contributed by atoms with Gasteiger partial charge in [0.2, 0.25) is 5.91 Å². The summed E-state index contributed by atoms with van der Waals surface area (Å²) in [5, 5.41) is 20.2. The van der Waals surface area contributed by atoms with E-state index in [0.717, 1.165) is 72.5 Å². The topological polar surface area (TPSA) is 109 Å². The Labute approximate surface area is 257 Å². The number of nitrogens with zero attached hydrogens (tertiary/aromatic N) is 5. The molecule has 1 aliphatic heterocycles. The van der Waals surface area contributed by atoms with Gasteiger partial charge in [0.1, 0.15) is 34.0 Å². The van der Waals surface area contributed by atoms with E-state index in [1.54, 1.807) is 17.0 Å². The molecule has 1 unspecified atom stereocenters. The molecule has 5 rings (SSSR count). The second kappa shape index (κ2) is 12.7. The summed E-state index contributed by atoms with van der Waals surface area (Å²) in [5.74, 6) is 0.508. The lowest BCUT2D eigenvalue weighted by Gasteiger charge is -2.37. The molecule has 3 aromatic rings. The van der Waals surface area contributed by atoms with Crippen LogP contribution in [0.1, 0.15) is 83.0 Å². The zero-order valence-electron chi connectivity index (χ0n) is 25.6. The number of amides is 2. The minimum atomic E-state index is -0.682. The maximum absolute atomic E-state index is 13.5. The first-order valence-corrected chi connectivity index (χ1v) is 15.8. The van der Waals surface area contributed by atoms with Crippen LogP contribution in [-0.4, -0.2) is 63.3 Å². The van der Waals surface area contributed by atoms with Gasteiger partial charge in [-0.3, -0.25) is 9.69 Å². The SMILES string of the molecule is CC(C)Oc1ccc(-c2nnc(-c3cccc4c3CCCC4N(CC(=O)N3CCCC3)C(=O)OC(C)(C)C)s2)cc1C#N. The summed E-state index contributed by atoms with van der Waals surface area (Å²) in [6, 6.07) is 13.5. The van der Waals surface area contributed by atoms with Crippen LogP contribution in [0.25, 0.3) is 21.1 Å². The van der Waals surface area contributed by atoms with E-state index in [1.807, 2.05) is 57.7 Å². The lowest BCUT2D eigenvalue weighted by molar-refractivity contribution is -0.132. The third-order valence-corrected chi connectivity index (χ3v) is 8.61. The molecule has 0 spiro atoms. The average molecular weight is 602 g/mol. The molecule has 0 bridgehead atoms. The van der Waals surface area contributed by atoms with Crippen molar-refractivity contribution in [3.63, 3.8) is 0 Å². The molecule has 2 aromatic carbocycles. The number of ether oxygens (including phenoxy) is 2. The van der Waals surface area contributed by atoms with Gasteiger partial charge in [0.25, 0.3) is 0 Å². The summed E-state index contributed by atoms with van der Waals surface area (Å²) in [6.07, 6.45) is 3.91. The lowest BCUT2D eigenvalue weighted by atomic mass is 9.84. The average Bonchev–Trinajstić information content (AvgIpc) is 3.68. The Morgan fingerprint density at radius 2 is 1.86 bits per heavy atom. The zero-order valence-corrected chi connectivity index (χ0v) is 26.4. The Morgan fingerprint density at radius 1 is 1.12 bits per heavy atom. The van der Waals surface area contributed by atoms with Gasteiger partial charge < -0.3 is 14.4 Å². The minimum absolute atomic E-state index is 0.00997. The molecule has 10 heteroatoms. The third-order valence-electron chi connectivity index (χ3n) is 7.61. The molecule has 2 aliphatic rings. The maximum atomic E-state index is 13.5. The van der Waals surface area contributed by atoms with Gasteiger partial charge in [-0.2, -0.15) is 5.26 Å². The van der Waals surface area contributed by atoms with Crippen molar-refractivity contribution in [3.05, 3.63) is 53.1 Å². The van der Waals surface area contributed by atoms with Crippen LogP contribution in [0.15, 0.2) is 36.4 Å². The summed E-state index contributed by atoms with van der Waals surface area (Å²) < 4.78 is 11.6. The van der Waals surface area contributed by atoms with Crippen LogP contribution in [0.4, 0.5) is 4.79 Å². The number of carbonyl (C=O) groups excluding carboxylic acids is 2. The predicted octanol–water partition coefficient (Wildman–Crippen LogP) is 6.77. The number of hydrogen-bond acceptors (Lipinski definition) is 8. The van der Waals surface area contributed by atoms with E-state index in [1.165, 1.54) is 11.3 Å². The van der Waals surface area contributed by atoms with Crippen molar-refractivity contribution in [2.24, 2.45) is 0 Å². The molecule has 0 N–H and O–H groups in total. The fourth-order valence-corrected chi connectivity index (χ4v) is 6.63. The van der Waals surface area contributed by atoms with Gasteiger partial charge >= 0.3 is 6.09 Å². The largest absolute Gasteiger partial charge is 0.490 e. The van der Waals surface area contributed by atoms with Crippen LogP contribution in [0, 0.1) is 11.3 Å². The number of benzene rings is 2. The Kier molecular flexibility index (Phi) is 9.02. The van der Waals surface area contributed by atoms with E-state index in [9.17, 15) is 14.9 Å². The standard InChI is InChI=1S/C33H39N5O4S/c1-21(2)41-28-15-14-22(18-23(28)19-34)30-35-36-31(43-30)26-12-8-11-25-24(26)10-9-13-27(25)38(32(40)42-33(3,4)5)20-29(39)37-16-6-7-17-37/h8,11-12,14-15,18,21,27H,6-7,9-10,13,16-17,20H2,1-5H3. The zero-order chi connectivity index (χ0) is 30.7. The van der Waals surface area contributed by atoms with Crippen LogP contribution in [-0.2, 0) is 16.0 Å². The Hall–Kier alpha value is -3.97. The van der Waals surface area contributed by atoms with E-state index in [4.69, 9.17) is 9.47 Å². The highest BCUT2D eigenvalue weighted by molar-refractivity contribution is 7.17. The van der Waals surface area contributed by atoms with Crippen molar-refractivity contribution in [2.45, 2.75) is 84.5 Å². The molecule has 43 heavy (non-hydrogen) atoms. The molecule has 1 fully saturated rings. The molecule has 1 saturated heterocycles. The summed E-state index contributed by atoms with van der Waals surface area (Å²) in [6.45, 7) is 10.8. The lowest BCUT2D eigenvalue weighted by Crippen LogP contribution is -2.46. The first kappa shape index (κ1) is 30.5. The second-order valence-electron chi connectivity index (χ2n) is 12.4. The molecule has 1 aliphatic carbocycles. The van der Waals surface area contributed by atoms with Gasteiger partial charge in [-0.05, 0) is 96.0 Å². The van der Waals surface area contributed by atoms with Gasteiger partial charge in [0.15, 0.2) is 0 Å². The molecular weight excluding hydrogens is 562 g/mol. The number of aromatic nitrogens is 2. The van der Waals surface area contributed by atoms with Crippen LogP contribution in [0.3, 0.4) is 0 Å². The summed E-state index contributed by atoms with van der Waals surface area (Å²) in [7, 11) is 0. The van der Waals surface area contributed by atoms with Crippen LogP contribution < -0.4 is 4.74 Å². The van der Waals surface area contributed by atoms with Crippen molar-refractivity contribution in [1.29, 1.82) is 5.26 Å². The van der Waals surface area contributed by atoms with Crippen molar-refractivity contribution >= 4 is 23.3 Å². The number of hydrogen-bond donors (Lipinski definition) is 0. The molecule has 2 heterocycles. The molecule has 226 valence electrons. The first-order chi connectivity index (χ1) is 20.5. The van der Waals surface area contributed by atoms with E-state index in [0.29, 0.717) is 16.3 Å². The first-order valence-electron chi connectivity index (χ1n) is 15.0. The maximum Gasteiger partial charge on any atom is 0.411 e. The summed E-state index contributed by atoms with van der Waals surface area (Å²) >= 11 is 1.46. The molecule has 0 radical (unpaired) electrons. The van der Waals surface area contributed by atoms with Crippen LogP contribution >= 0.6 is 11.3 Å². The highest BCUT2D eigenvalue weighted by Gasteiger charge is 2.36. The van der Waals surface area contributed by atoms with Gasteiger partial charge in [-0.25, -0.2) is 4.79 Å². The molecule has 9 nitrogen and oxygen atoms in total. The molecule has 1 aromatic heterocycles. The fourth-order valence-electron chi connectivity index (χ4n) is 5.74.